The van der Waals surface area contributed by atoms with E-state index >= 15 is 0 Å². The Labute approximate surface area is 153 Å². The predicted octanol–water partition coefficient (Wildman–Crippen LogP) is 7.06. The molecule has 5 heteroatoms. The summed E-state index contributed by atoms with van der Waals surface area (Å²) >= 11 is 0. The Balaban J connectivity index is 1.58. The van der Waals surface area contributed by atoms with Gasteiger partial charge < -0.3 is 4.74 Å². The highest BCUT2D eigenvalue weighted by atomic mass is 19.3. The van der Waals surface area contributed by atoms with Crippen molar-refractivity contribution in [3.8, 4) is 5.75 Å². The Morgan fingerprint density at radius 1 is 0.885 bits per heavy atom. The van der Waals surface area contributed by atoms with Crippen molar-refractivity contribution < 1.29 is 22.3 Å². The summed E-state index contributed by atoms with van der Waals surface area (Å²) in [6.45, 7) is -0.963. The van der Waals surface area contributed by atoms with E-state index in [2.05, 4.69) is 11.7 Å². The van der Waals surface area contributed by atoms with Crippen molar-refractivity contribution in [1.82, 2.24) is 0 Å². The molecule has 0 unspecified atom stereocenters. The van der Waals surface area contributed by atoms with Crippen LogP contribution < -0.4 is 4.74 Å². The molecule has 3 rings (SSSR count). The molecule has 2 aliphatic carbocycles. The maximum Gasteiger partial charge on any atom is 0.387 e. The van der Waals surface area contributed by atoms with Crippen LogP contribution in [-0.2, 0) is 0 Å². The normalized spacial score (nSPS) is 29.8. The lowest BCUT2D eigenvalue weighted by Crippen LogP contribution is -2.25. The maximum absolute atomic E-state index is 14.0. The molecular formula is C21H28F4O. The Bertz CT molecular complexity index is 565. The van der Waals surface area contributed by atoms with Gasteiger partial charge in [-0.15, -0.1) is 0 Å². The van der Waals surface area contributed by atoms with Crippen molar-refractivity contribution in [2.75, 3.05) is 0 Å². The molecule has 1 aromatic rings. The molecule has 2 saturated carbocycles. The SMILES string of the molecule is CC[C@H]1CC[C@H]([C@H]2CC[C@H](c3cc(F)c(OC(F)F)c(F)c3)CC2)CC1. The quantitative estimate of drug-likeness (QED) is 0.503. The minimum absolute atomic E-state index is 0.0998. The topological polar surface area (TPSA) is 9.23 Å². The summed E-state index contributed by atoms with van der Waals surface area (Å²) < 4.78 is 56.4. The third-order valence-electron chi connectivity index (χ3n) is 6.61. The molecular weight excluding hydrogens is 344 g/mol. The zero-order valence-electron chi connectivity index (χ0n) is 15.3. The van der Waals surface area contributed by atoms with E-state index in [0.717, 1.165) is 55.6 Å². The monoisotopic (exact) mass is 372 g/mol. The molecule has 2 aliphatic rings. The molecule has 0 N–H and O–H groups in total. The average molecular weight is 372 g/mol. The highest BCUT2D eigenvalue weighted by Crippen LogP contribution is 2.44. The molecule has 0 heterocycles. The molecule has 146 valence electrons. The van der Waals surface area contributed by atoms with Gasteiger partial charge >= 0.3 is 6.61 Å². The zero-order chi connectivity index (χ0) is 18.7. The van der Waals surface area contributed by atoms with Crippen LogP contribution >= 0.6 is 0 Å². The second kappa shape index (κ2) is 8.62. The second-order valence-corrected chi connectivity index (χ2v) is 7.99. The van der Waals surface area contributed by atoms with Crippen LogP contribution in [-0.4, -0.2) is 6.61 Å². The Hall–Kier alpha value is -1.26. The summed E-state index contributed by atoms with van der Waals surface area (Å²) in [4.78, 5) is 0. The van der Waals surface area contributed by atoms with Gasteiger partial charge in [-0.1, -0.05) is 26.2 Å². The molecule has 0 radical (unpaired) electrons. The Kier molecular flexibility index (Phi) is 6.46. The fourth-order valence-corrected chi connectivity index (χ4v) is 5.01. The number of ether oxygens (including phenoxy) is 1. The number of benzene rings is 1. The van der Waals surface area contributed by atoms with Crippen molar-refractivity contribution in [3.05, 3.63) is 29.3 Å². The van der Waals surface area contributed by atoms with E-state index in [4.69, 9.17) is 0 Å². The lowest BCUT2D eigenvalue weighted by molar-refractivity contribution is -0.0546. The fraction of sp³-hybridized carbons (Fsp3) is 0.714. The first-order valence-corrected chi connectivity index (χ1v) is 9.91. The number of hydrogen-bond acceptors (Lipinski definition) is 1. The molecule has 1 aromatic carbocycles. The third kappa shape index (κ3) is 4.52. The van der Waals surface area contributed by atoms with Gasteiger partial charge in [-0.25, -0.2) is 8.78 Å². The van der Waals surface area contributed by atoms with Crippen LogP contribution in [0.25, 0.3) is 0 Å². The first-order valence-electron chi connectivity index (χ1n) is 9.91. The van der Waals surface area contributed by atoms with Crippen molar-refractivity contribution in [2.24, 2.45) is 17.8 Å². The molecule has 0 spiro atoms. The number of alkyl halides is 2. The Morgan fingerprint density at radius 2 is 1.38 bits per heavy atom. The van der Waals surface area contributed by atoms with E-state index in [1.807, 2.05) is 0 Å². The number of rotatable bonds is 5. The smallest absolute Gasteiger partial charge is 0.387 e. The second-order valence-electron chi connectivity index (χ2n) is 7.99. The van der Waals surface area contributed by atoms with Gasteiger partial charge in [0.2, 0.25) is 0 Å². The van der Waals surface area contributed by atoms with Crippen LogP contribution in [0.5, 0.6) is 5.75 Å². The number of halogens is 4. The zero-order valence-corrected chi connectivity index (χ0v) is 15.3. The van der Waals surface area contributed by atoms with Crippen LogP contribution in [0, 0.1) is 29.4 Å². The summed E-state index contributed by atoms with van der Waals surface area (Å²) in [5, 5.41) is 0. The number of hydrogen-bond donors (Lipinski definition) is 0. The minimum atomic E-state index is -3.23. The van der Waals surface area contributed by atoms with Crippen molar-refractivity contribution >= 4 is 0 Å². The van der Waals surface area contributed by atoms with Gasteiger partial charge in [0.05, 0.1) is 0 Å². The molecule has 1 nitrogen and oxygen atoms in total. The van der Waals surface area contributed by atoms with Gasteiger partial charge in [0, 0.05) is 0 Å². The molecule has 0 atom stereocenters. The van der Waals surface area contributed by atoms with Crippen molar-refractivity contribution in [1.29, 1.82) is 0 Å². The fourth-order valence-electron chi connectivity index (χ4n) is 5.01. The average Bonchev–Trinajstić information content (AvgIpc) is 2.64. The van der Waals surface area contributed by atoms with Gasteiger partial charge in [0.25, 0.3) is 0 Å². The maximum atomic E-state index is 14.0. The minimum Gasteiger partial charge on any atom is -0.429 e. The summed E-state index contributed by atoms with van der Waals surface area (Å²) in [6.07, 6.45) is 10.6. The molecule has 0 aromatic heterocycles. The predicted molar refractivity (Wildman–Crippen MR) is 93.4 cm³/mol. The molecule has 0 saturated heterocycles. The van der Waals surface area contributed by atoms with Gasteiger partial charge in [0.15, 0.2) is 17.4 Å². The molecule has 0 aliphatic heterocycles. The van der Waals surface area contributed by atoms with Gasteiger partial charge in [-0.3, -0.25) is 0 Å². The Morgan fingerprint density at radius 3 is 1.85 bits per heavy atom. The van der Waals surface area contributed by atoms with Crippen LogP contribution in [0.15, 0.2) is 12.1 Å². The summed E-state index contributed by atoms with van der Waals surface area (Å²) in [6, 6.07) is 2.33. The lowest BCUT2D eigenvalue weighted by atomic mass is 9.68. The van der Waals surface area contributed by atoms with Crippen LogP contribution in [0.1, 0.15) is 76.2 Å². The van der Waals surface area contributed by atoms with E-state index in [1.54, 1.807) is 0 Å². The standard InChI is InChI=1S/C21H28F4O/c1-2-13-3-5-14(6-4-13)15-7-9-16(10-8-15)17-11-18(22)20(19(23)12-17)26-21(24)25/h11-16,21H,2-10H2,1H3/t13-,14-,15-,16-. The van der Waals surface area contributed by atoms with E-state index in [1.165, 1.54) is 32.1 Å². The summed E-state index contributed by atoms with van der Waals surface area (Å²) in [5.41, 5.74) is 0.565. The van der Waals surface area contributed by atoms with E-state index in [9.17, 15) is 17.6 Å². The first-order chi connectivity index (χ1) is 12.5. The third-order valence-corrected chi connectivity index (χ3v) is 6.61. The van der Waals surface area contributed by atoms with Crippen LogP contribution in [0.4, 0.5) is 17.6 Å². The van der Waals surface area contributed by atoms with Crippen LogP contribution in [0.3, 0.4) is 0 Å². The lowest BCUT2D eigenvalue weighted by Gasteiger charge is -2.38. The van der Waals surface area contributed by atoms with Gasteiger partial charge in [-0.2, -0.15) is 8.78 Å². The highest BCUT2D eigenvalue weighted by Gasteiger charge is 2.31. The highest BCUT2D eigenvalue weighted by molar-refractivity contribution is 5.33. The van der Waals surface area contributed by atoms with Crippen molar-refractivity contribution in [2.45, 2.75) is 77.2 Å². The summed E-state index contributed by atoms with van der Waals surface area (Å²) in [5.74, 6) is -0.551. The van der Waals surface area contributed by atoms with Gasteiger partial charge in [0.1, 0.15) is 0 Å². The van der Waals surface area contributed by atoms with E-state index < -0.39 is 24.0 Å². The van der Waals surface area contributed by atoms with E-state index in [0.29, 0.717) is 5.56 Å². The van der Waals surface area contributed by atoms with Gasteiger partial charge in [-0.05, 0) is 79.9 Å². The van der Waals surface area contributed by atoms with Crippen molar-refractivity contribution in [3.63, 3.8) is 0 Å². The van der Waals surface area contributed by atoms with E-state index in [-0.39, 0.29) is 5.92 Å². The molecule has 0 bridgehead atoms. The molecule has 2 fully saturated rings. The first kappa shape index (κ1) is 19.5. The van der Waals surface area contributed by atoms with Crippen LogP contribution in [0.2, 0.25) is 0 Å². The molecule has 0 amide bonds. The summed E-state index contributed by atoms with van der Waals surface area (Å²) in [7, 11) is 0. The largest absolute Gasteiger partial charge is 0.429 e. The molecule has 26 heavy (non-hydrogen) atoms.